The fraction of sp³-hybridized carbons (Fsp3) is 0.350. The number of nitrogens with zero attached hydrogens (tertiary/aromatic N) is 1. The minimum Gasteiger partial charge on any atom is -0.356 e. The number of nitrogens with one attached hydrogen (secondary N) is 3. The highest BCUT2D eigenvalue weighted by molar-refractivity contribution is 7.89. The van der Waals surface area contributed by atoms with Gasteiger partial charge in [-0.3, -0.25) is 4.99 Å². The van der Waals surface area contributed by atoms with Gasteiger partial charge in [0, 0.05) is 30.6 Å². The number of hydrogen-bond acceptors (Lipinski definition) is 3. The van der Waals surface area contributed by atoms with Gasteiger partial charge in [0.05, 0.1) is 4.90 Å². The Kier molecular flexibility index (Phi) is 6.27. The number of benzene rings is 2. The summed E-state index contributed by atoms with van der Waals surface area (Å²) in [4.78, 5) is 4.53. The first-order valence-electron chi connectivity index (χ1n) is 9.12. The van der Waals surface area contributed by atoms with Gasteiger partial charge >= 0.3 is 0 Å². The standard InChI is InChI=1S/C20H25ClN4O2S/c1-22-19(24-13-15-6-8-18(9-7-15)28(26,27)23-2)25-14-20(10-11-20)16-4-3-5-17(21)12-16/h3-9,12,23H,10-11,13-14H2,1-2H3,(H2,22,24,25). The summed E-state index contributed by atoms with van der Waals surface area (Å²) in [5, 5.41) is 7.42. The van der Waals surface area contributed by atoms with Gasteiger partial charge < -0.3 is 10.6 Å². The van der Waals surface area contributed by atoms with E-state index in [1.165, 1.54) is 12.6 Å². The predicted molar refractivity (Wildman–Crippen MR) is 113 cm³/mol. The maximum Gasteiger partial charge on any atom is 0.240 e. The van der Waals surface area contributed by atoms with E-state index in [-0.39, 0.29) is 10.3 Å². The Morgan fingerprint density at radius 1 is 1.14 bits per heavy atom. The van der Waals surface area contributed by atoms with Crippen molar-refractivity contribution in [3.05, 3.63) is 64.7 Å². The van der Waals surface area contributed by atoms with Gasteiger partial charge in [-0.25, -0.2) is 13.1 Å². The highest BCUT2D eigenvalue weighted by Crippen LogP contribution is 2.48. The average Bonchev–Trinajstić information content (AvgIpc) is 3.50. The van der Waals surface area contributed by atoms with E-state index in [0.29, 0.717) is 12.5 Å². The molecule has 0 bridgehead atoms. The minimum atomic E-state index is -3.41. The Bertz CT molecular complexity index is 954. The van der Waals surface area contributed by atoms with Gasteiger partial charge in [-0.15, -0.1) is 0 Å². The van der Waals surface area contributed by atoms with Gasteiger partial charge in [0.15, 0.2) is 5.96 Å². The van der Waals surface area contributed by atoms with Crippen LogP contribution >= 0.6 is 11.6 Å². The molecule has 6 nitrogen and oxygen atoms in total. The maximum atomic E-state index is 11.8. The molecule has 0 atom stereocenters. The second-order valence-corrected chi connectivity index (χ2v) is 9.24. The molecular weight excluding hydrogens is 396 g/mol. The Balaban J connectivity index is 1.56. The van der Waals surface area contributed by atoms with Crippen molar-refractivity contribution in [1.29, 1.82) is 0 Å². The van der Waals surface area contributed by atoms with Crippen LogP contribution in [0.5, 0.6) is 0 Å². The van der Waals surface area contributed by atoms with Crippen LogP contribution in [0, 0.1) is 0 Å². The van der Waals surface area contributed by atoms with E-state index in [1.54, 1.807) is 31.3 Å². The van der Waals surface area contributed by atoms with E-state index >= 15 is 0 Å². The highest BCUT2D eigenvalue weighted by atomic mass is 35.5. The molecule has 0 heterocycles. The van der Waals surface area contributed by atoms with Gasteiger partial charge in [-0.2, -0.15) is 0 Å². The van der Waals surface area contributed by atoms with E-state index in [9.17, 15) is 8.42 Å². The third-order valence-corrected chi connectivity index (χ3v) is 6.74. The molecular formula is C20H25ClN4O2S. The molecule has 1 fully saturated rings. The highest BCUT2D eigenvalue weighted by Gasteiger charge is 2.44. The van der Waals surface area contributed by atoms with Crippen molar-refractivity contribution in [2.75, 3.05) is 20.6 Å². The molecule has 1 saturated carbocycles. The van der Waals surface area contributed by atoms with Crippen molar-refractivity contribution in [3.8, 4) is 0 Å². The molecule has 2 aromatic carbocycles. The molecule has 0 amide bonds. The molecule has 3 N–H and O–H groups in total. The zero-order chi connectivity index (χ0) is 20.2. The number of sulfonamides is 1. The molecule has 0 aromatic heterocycles. The van der Waals surface area contributed by atoms with Crippen LogP contribution < -0.4 is 15.4 Å². The fourth-order valence-corrected chi connectivity index (χ4v) is 4.02. The molecule has 1 aliphatic rings. The van der Waals surface area contributed by atoms with Crippen molar-refractivity contribution in [3.63, 3.8) is 0 Å². The molecule has 0 unspecified atom stereocenters. The summed E-state index contributed by atoms with van der Waals surface area (Å²) in [7, 11) is -0.282. The SMILES string of the molecule is CN=C(NCc1ccc(S(=O)(=O)NC)cc1)NCC1(c2cccc(Cl)c2)CC1. The van der Waals surface area contributed by atoms with E-state index in [1.807, 2.05) is 18.2 Å². The summed E-state index contributed by atoms with van der Waals surface area (Å²) in [6.07, 6.45) is 2.25. The summed E-state index contributed by atoms with van der Waals surface area (Å²) >= 11 is 6.14. The molecule has 1 aliphatic carbocycles. The molecule has 150 valence electrons. The molecule has 0 spiro atoms. The monoisotopic (exact) mass is 420 g/mol. The summed E-state index contributed by atoms with van der Waals surface area (Å²) in [6, 6.07) is 14.8. The lowest BCUT2D eigenvalue weighted by Gasteiger charge is -2.19. The van der Waals surface area contributed by atoms with Crippen molar-refractivity contribution in [2.45, 2.75) is 29.7 Å². The quantitative estimate of drug-likeness (QED) is 0.475. The van der Waals surface area contributed by atoms with E-state index in [0.717, 1.165) is 30.0 Å². The van der Waals surface area contributed by atoms with E-state index < -0.39 is 10.0 Å². The van der Waals surface area contributed by atoms with Crippen LogP contribution in [-0.4, -0.2) is 35.0 Å². The fourth-order valence-electron chi connectivity index (χ4n) is 3.10. The number of guanidine groups is 1. The average molecular weight is 421 g/mol. The first-order chi connectivity index (χ1) is 13.4. The van der Waals surface area contributed by atoms with Crippen LogP contribution in [0.3, 0.4) is 0 Å². The summed E-state index contributed by atoms with van der Waals surface area (Å²) in [5.41, 5.74) is 2.34. The van der Waals surface area contributed by atoms with Crippen LogP contribution in [-0.2, 0) is 22.0 Å². The minimum absolute atomic E-state index is 0.117. The Hall–Kier alpha value is -2.09. The molecule has 0 saturated heterocycles. The summed E-state index contributed by atoms with van der Waals surface area (Å²) in [5.74, 6) is 0.709. The summed E-state index contributed by atoms with van der Waals surface area (Å²) in [6.45, 7) is 1.33. The maximum absolute atomic E-state index is 11.8. The first-order valence-corrected chi connectivity index (χ1v) is 11.0. The molecule has 0 aliphatic heterocycles. The van der Waals surface area contributed by atoms with Crippen LogP contribution in [0.2, 0.25) is 5.02 Å². The third-order valence-electron chi connectivity index (χ3n) is 5.07. The Morgan fingerprint density at radius 3 is 2.43 bits per heavy atom. The number of hydrogen-bond donors (Lipinski definition) is 3. The first kappa shape index (κ1) is 20.6. The van der Waals surface area contributed by atoms with Gasteiger partial charge in [0.25, 0.3) is 0 Å². The predicted octanol–water partition coefficient (Wildman–Crippen LogP) is 2.64. The van der Waals surface area contributed by atoms with Gasteiger partial charge in [0.1, 0.15) is 0 Å². The number of halogens is 1. The molecule has 28 heavy (non-hydrogen) atoms. The van der Waals surface area contributed by atoms with Crippen molar-refractivity contribution in [2.24, 2.45) is 4.99 Å². The Morgan fingerprint density at radius 2 is 1.86 bits per heavy atom. The van der Waals surface area contributed by atoms with E-state index in [4.69, 9.17) is 11.6 Å². The van der Waals surface area contributed by atoms with Crippen LogP contribution in [0.25, 0.3) is 0 Å². The number of rotatable bonds is 7. The molecule has 3 rings (SSSR count). The topological polar surface area (TPSA) is 82.6 Å². The van der Waals surface area contributed by atoms with Crippen molar-refractivity contribution in [1.82, 2.24) is 15.4 Å². The molecule has 8 heteroatoms. The van der Waals surface area contributed by atoms with Gasteiger partial charge in [0.2, 0.25) is 10.0 Å². The lowest BCUT2D eigenvalue weighted by atomic mass is 9.96. The van der Waals surface area contributed by atoms with E-state index in [2.05, 4.69) is 26.4 Å². The van der Waals surface area contributed by atoms with Crippen molar-refractivity contribution < 1.29 is 8.42 Å². The van der Waals surface area contributed by atoms with Gasteiger partial charge in [-0.05, 0) is 55.3 Å². The number of aliphatic imine (C=N–C) groups is 1. The normalized spacial score (nSPS) is 15.9. The second kappa shape index (κ2) is 8.51. The molecule has 2 aromatic rings. The zero-order valence-electron chi connectivity index (χ0n) is 16.0. The lowest BCUT2D eigenvalue weighted by molar-refractivity contribution is 0.588. The third kappa shape index (κ3) is 4.84. The van der Waals surface area contributed by atoms with Crippen LogP contribution in [0.1, 0.15) is 24.0 Å². The zero-order valence-corrected chi connectivity index (χ0v) is 17.6. The van der Waals surface area contributed by atoms with Crippen molar-refractivity contribution >= 4 is 27.6 Å². The van der Waals surface area contributed by atoms with Crippen LogP contribution in [0.15, 0.2) is 58.4 Å². The molecule has 0 radical (unpaired) electrons. The lowest BCUT2D eigenvalue weighted by Crippen LogP contribution is -2.40. The largest absolute Gasteiger partial charge is 0.356 e. The summed E-state index contributed by atoms with van der Waals surface area (Å²) < 4.78 is 25.9. The smallest absolute Gasteiger partial charge is 0.240 e. The van der Waals surface area contributed by atoms with Crippen LogP contribution in [0.4, 0.5) is 0 Å². The Labute approximate surface area is 171 Å². The van der Waals surface area contributed by atoms with Gasteiger partial charge in [-0.1, -0.05) is 35.9 Å². The second-order valence-electron chi connectivity index (χ2n) is 6.92.